The van der Waals surface area contributed by atoms with Gasteiger partial charge in [0.05, 0.1) is 12.0 Å². The van der Waals surface area contributed by atoms with Gasteiger partial charge in [-0.15, -0.1) is 0 Å². The van der Waals surface area contributed by atoms with Gasteiger partial charge < -0.3 is 9.63 Å². The Bertz CT molecular complexity index is 549. The SMILES string of the molecule is CC(O)C(C)c1nc(Cc2cc(F)cc(F)c2)no1. The Balaban J connectivity index is 2.15. The number of hydrogen-bond donors (Lipinski definition) is 1. The van der Waals surface area contributed by atoms with E-state index in [1.165, 1.54) is 12.1 Å². The highest BCUT2D eigenvalue weighted by Crippen LogP contribution is 2.18. The summed E-state index contributed by atoms with van der Waals surface area (Å²) in [5.41, 5.74) is 0.426. The van der Waals surface area contributed by atoms with Crippen molar-refractivity contribution in [2.24, 2.45) is 0 Å². The Morgan fingerprint density at radius 3 is 2.42 bits per heavy atom. The summed E-state index contributed by atoms with van der Waals surface area (Å²) >= 11 is 0. The van der Waals surface area contributed by atoms with Gasteiger partial charge in [0, 0.05) is 12.5 Å². The normalized spacial score (nSPS) is 14.4. The highest BCUT2D eigenvalue weighted by molar-refractivity contribution is 5.21. The van der Waals surface area contributed by atoms with Gasteiger partial charge in [-0.05, 0) is 24.6 Å². The minimum absolute atomic E-state index is 0.171. The smallest absolute Gasteiger partial charge is 0.232 e. The topological polar surface area (TPSA) is 59.2 Å². The number of rotatable bonds is 4. The zero-order valence-corrected chi connectivity index (χ0v) is 10.6. The molecular weight excluding hydrogens is 254 g/mol. The number of benzene rings is 1. The maximum atomic E-state index is 13.0. The highest BCUT2D eigenvalue weighted by atomic mass is 19.1. The zero-order valence-electron chi connectivity index (χ0n) is 10.6. The second-order valence-corrected chi connectivity index (χ2v) is 4.53. The molecule has 0 radical (unpaired) electrons. The van der Waals surface area contributed by atoms with Crippen LogP contribution in [0, 0.1) is 11.6 Å². The van der Waals surface area contributed by atoms with Crippen molar-refractivity contribution in [1.82, 2.24) is 10.1 Å². The lowest BCUT2D eigenvalue weighted by Gasteiger charge is -2.07. The molecule has 1 N–H and O–H groups in total. The van der Waals surface area contributed by atoms with Crippen molar-refractivity contribution in [1.29, 1.82) is 0 Å². The van der Waals surface area contributed by atoms with Crippen LogP contribution in [-0.2, 0) is 6.42 Å². The number of hydrogen-bond acceptors (Lipinski definition) is 4. The molecule has 2 unspecified atom stereocenters. The van der Waals surface area contributed by atoms with Gasteiger partial charge in [0.15, 0.2) is 5.82 Å². The van der Waals surface area contributed by atoms with Crippen molar-refractivity contribution in [2.45, 2.75) is 32.3 Å². The quantitative estimate of drug-likeness (QED) is 0.925. The van der Waals surface area contributed by atoms with Crippen LogP contribution >= 0.6 is 0 Å². The van der Waals surface area contributed by atoms with Crippen molar-refractivity contribution in [3.63, 3.8) is 0 Å². The molecule has 0 aliphatic carbocycles. The van der Waals surface area contributed by atoms with Crippen LogP contribution in [0.1, 0.15) is 37.0 Å². The Kier molecular flexibility index (Phi) is 3.90. The first kappa shape index (κ1) is 13.6. The van der Waals surface area contributed by atoms with Gasteiger partial charge in [-0.1, -0.05) is 12.1 Å². The largest absolute Gasteiger partial charge is 0.393 e. The van der Waals surface area contributed by atoms with Gasteiger partial charge in [0.1, 0.15) is 11.6 Å². The van der Waals surface area contributed by atoms with E-state index in [9.17, 15) is 13.9 Å². The second-order valence-electron chi connectivity index (χ2n) is 4.53. The van der Waals surface area contributed by atoms with Crippen molar-refractivity contribution < 1.29 is 18.4 Å². The Morgan fingerprint density at radius 1 is 1.21 bits per heavy atom. The maximum absolute atomic E-state index is 13.0. The number of nitrogens with zero attached hydrogens (tertiary/aromatic N) is 2. The molecule has 0 amide bonds. The summed E-state index contributed by atoms with van der Waals surface area (Å²) in [4.78, 5) is 4.10. The number of aliphatic hydroxyl groups excluding tert-OH is 1. The summed E-state index contributed by atoms with van der Waals surface area (Å²) in [5, 5.41) is 13.2. The van der Waals surface area contributed by atoms with E-state index in [0.29, 0.717) is 17.3 Å². The minimum Gasteiger partial charge on any atom is -0.393 e. The molecule has 0 saturated heterocycles. The molecule has 0 spiro atoms. The van der Waals surface area contributed by atoms with Gasteiger partial charge in [-0.25, -0.2) is 8.78 Å². The summed E-state index contributed by atoms with van der Waals surface area (Å²) in [6.45, 7) is 3.38. The van der Waals surface area contributed by atoms with Crippen LogP contribution in [0.5, 0.6) is 0 Å². The molecule has 1 heterocycles. The molecule has 0 fully saturated rings. The molecule has 0 aliphatic rings. The number of aliphatic hydroxyl groups is 1. The van der Waals surface area contributed by atoms with Gasteiger partial charge in [0.25, 0.3) is 0 Å². The maximum Gasteiger partial charge on any atom is 0.232 e. The van der Waals surface area contributed by atoms with Gasteiger partial charge in [-0.2, -0.15) is 4.98 Å². The molecule has 1 aromatic carbocycles. The monoisotopic (exact) mass is 268 g/mol. The van der Waals surface area contributed by atoms with E-state index < -0.39 is 17.7 Å². The third-order valence-corrected chi connectivity index (χ3v) is 2.88. The second kappa shape index (κ2) is 5.44. The van der Waals surface area contributed by atoms with Gasteiger partial charge in [0.2, 0.25) is 5.89 Å². The standard InChI is InChI=1S/C13H14F2N2O2/c1-7(8(2)18)13-16-12(17-19-13)5-9-3-10(14)6-11(15)4-9/h3-4,6-8,18H,5H2,1-2H3. The van der Waals surface area contributed by atoms with Crippen LogP contribution in [0.3, 0.4) is 0 Å². The van der Waals surface area contributed by atoms with Crippen LogP contribution in [0.2, 0.25) is 0 Å². The first-order valence-corrected chi connectivity index (χ1v) is 5.91. The first-order valence-electron chi connectivity index (χ1n) is 5.91. The predicted molar refractivity (Wildman–Crippen MR) is 63.6 cm³/mol. The average molecular weight is 268 g/mol. The number of halogens is 2. The molecule has 102 valence electrons. The lowest BCUT2D eigenvalue weighted by molar-refractivity contribution is 0.151. The molecule has 2 atom stereocenters. The molecule has 0 bridgehead atoms. The summed E-state index contributed by atoms with van der Waals surface area (Å²) < 4.78 is 31.1. The van der Waals surface area contributed by atoms with Crippen LogP contribution in [0.25, 0.3) is 0 Å². The number of aromatic nitrogens is 2. The lowest BCUT2D eigenvalue weighted by Crippen LogP contribution is -2.11. The Labute approximate surface area is 109 Å². The first-order chi connectivity index (χ1) is 8.95. The molecule has 0 aliphatic heterocycles. The van der Waals surface area contributed by atoms with E-state index in [4.69, 9.17) is 4.52 Å². The average Bonchev–Trinajstić information content (AvgIpc) is 2.74. The van der Waals surface area contributed by atoms with Crippen molar-refractivity contribution >= 4 is 0 Å². The predicted octanol–water partition coefficient (Wildman–Crippen LogP) is 2.42. The fourth-order valence-corrected chi connectivity index (χ4v) is 1.63. The zero-order chi connectivity index (χ0) is 14.0. The molecule has 2 aromatic rings. The van der Waals surface area contributed by atoms with Crippen LogP contribution in [0.4, 0.5) is 8.78 Å². The summed E-state index contributed by atoms with van der Waals surface area (Å²) in [6, 6.07) is 3.25. The van der Waals surface area contributed by atoms with E-state index in [-0.39, 0.29) is 12.3 Å². The van der Waals surface area contributed by atoms with Gasteiger partial charge >= 0.3 is 0 Å². The van der Waals surface area contributed by atoms with Gasteiger partial charge in [-0.3, -0.25) is 0 Å². The van der Waals surface area contributed by atoms with Crippen LogP contribution in [-0.4, -0.2) is 21.4 Å². The van der Waals surface area contributed by atoms with E-state index in [1.807, 2.05) is 0 Å². The van der Waals surface area contributed by atoms with Crippen molar-refractivity contribution in [2.75, 3.05) is 0 Å². The Morgan fingerprint density at radius 2 is 1.84 bits per heavy atom. The summed E-state index contributed by atoms with van der Waals surface area (Å²) in [7, 11) is 0. The molecular formula is C13H14F2N2O2. The summed E-state index contributed by atoms with van der Waals surface area (Å²) in [6.07, 6.45) is -0.440. The molecule has 2 rings (SSSR count). The lowest BCUT2D eigenvalue weighted by atomic mass is 10.1. The van der Waals surface area contributed by atoms with E-state index in [1.54, 1.807) is 13.8 Å². The third-order valence-electron chi connectivity index (χ3n) is 2.88. The van der Waals surface area contributed by atoms with Crippen LogP contribution < -0.4 is 0 Å². The van der Waals surface area contributed by atoms with Crippen LogP contribution in [0.15, 0.2) is 22.7 Å². The molecule has 4 nitrogen and oxygen atoms in total. The molecule has 0 saturated carbocycles. The molecule has 1 aromatic heterocycles. The fourth-order valence-electron chi connectivity index (χ4n) is 1.63. The van der Waals surface area contributed by atoms with Crippen molar-refractivity contribution in [3.05, 3.63) is 47.1 Å². The molecule has 6 heteroatoms. The fraction of sp³-hybridized carbons (Fsp3) is 0.385. The minimum atomic E-state index is -0.643. The third kappa shape index (κ3) is 3.35. The summed E-state index contributed by atoms with van der Waals surface area (Å²) in [5.74, 6) is -0.938. The van der Waals surface area contributed by atoms with Crippen molar-refractivity contribution in [3.8, 4) is 0 Å². The Hall–Kier alpha value is -1.82. The highest BCUT2D eigenvalue weighted by Gasteiger charge is 2.19. The van der Waals surface area contributed by atoms with E-state index >= 15 is 0 Å². The molecule has 19 heavy (non-hydrogen) atoms. The van der Waals surface area contributed by atoms with E-state index in [2.05, 4.69) is 10.1 Å². The van der Waals surface area contributed by atoms with E-state index in [0.717, 1.165) is 6.07 Å².